The first-order valence-electron chi connectivity index (χ1n) is 3.84. The molecule has 0 bridgehead atoms. The minimum absolute atomic E-state index is 0. The topological polar surface area (TPSA) is 74.6 Å². The van der Waals surface area contributed by atoms with Crippen LogP contribution in [0.5, 0.6) is 0 Å². The SMILES string of the molecule is CCC(C)C(C)(C(=O)O)C(=O)O.[H-].[Na+]. The van der Waals surface area contributed by atoms with Gasteiger partial charge in [0.15, 0.2) is 5.41 Å². The molecule has 0 spiro atoms. The van der Waals surface area contributed by atoms with E-state index in [1.807, 2.05) is 0 Å². The second-order valence-electron chi connectivity index (χ2n) is 3.12. The summed E-state index contributed by atoms with van der Waals surface area (Å²) in [6.07, 6.45) is 0.537. The predicted octanol–water partition coefficient (Wildman–Crippen LogP) is -1.68. The van der Waals surface area contributed by atoms with Crippen LogP contribution in [0.2, 0.25) is 0 Å². The van der Waals surface area contributed by atoms with E-state index in [9.17, 15) is 9.59 Å². The molecule has 4 nitrogen and oxygen atoms in total. The minimum atomic E-state index is -1.66. The van der Waals surface area contributed by atoms with Crippen molar-refractivity contribution in [3.05, 3.63) is 0 Å². The number of carboxylic acids is 2. The Morgan fingerprint density at radius 1 is 1.38 bits per heavy atom. The first-order valence-corrected chi connectivity index (χ1v) is 3.84. The number of carbonyl (C=O) groups is 2. The van der Waals surface area contributed by atoms with Crippen LogP contribution >= 0.6 is 0 Å². The van der Waals surface area contributed by atoms with Gasteiger partial charge in [-0.15, -0.1) is 0 Å². The van der Waals surface area contributed by atoms with Crippen molar-refractivity contribution in [3.63, 3.8) is 0 Å². The van der Waals surface area contributed by atoms with Crippen LogP contribution in [0.3, 0.4) is 0 Å². The molecule has 1 unspecified atom stereocenters. The third-order valence-electron chi connectivity index (χ3n) is 2.49. The normalized spacial score (nSPS) is 12.8. The molecular formula is C8H15NaO4. The first kappa shape index (κ1) is 15.4. The molecule has 0 aliphatic heterocycles. The number of aliphatic carboxylic acids is 2. The van der Waals surface area contributed by atoms with Gasteiger partial charge in [0.05, 0.1) is 0 Å². The fourth-order valence-corrected chi connectivity index (χ4v) is 0.921. The van der Waals surface area contributed by atoms with E-state index in [2.05, 4.69) is 0 Å². The maximum atomic E-state index is 10.7. The average molecular weight is 198 g/mol. The maximum Gasteiger partial charge on any atom is 1.00 e. The Morgan fingerprint density at radius 3 is 1.77 bits per heavy atom. The van der Waals surface area contributed by atoms with Gasteiger partial charge in [-0.05, 0) is 12.8 Å². The average Bonchev–Trinajstić information content (AvgIpc) is 2.00. The molecule has 0 aliphatic carbocycles. The summed E-state index contributed by atoms with van der Waals surface area (Å²) in [4.78, 5) is 21.4. The Bertz CT molecular complexity index is 194. The second-order valence-corrected chi connectivity index (χ2v) is 3.12. The van der Waals surface area contributed by atoms with E-state index in [1.165, 1.54) is 6.92 Å². The Kier molecular flexibility index (Phi) is 6.67. The molecule has 0 saturated heterocycles. The van der Waals surface area contributed by atoms with Crippen molar-refractivity contribution in [2.75, 3.05) is 0 Å². The maximum absolute atomic E-state index is 10.7. The van der Waals surface area contributed by atoms with Crippen molar-refractivity contribution in [2.45, 2.75) is 27.2 Å². The van der Waals surface area contributed by atoms with Gasteiger partial charge < -0.3 is 11.6 Å². The molecule has 0 aromatic heterocycles. The van der Waals surface area contributed by atoms with Crippen LogP contribution in [0.25, 0.3) is 0 Å². The largest absolute Gasteiger partial charge is 1.00 e. The van der Waals surface area contributed by atoms with Gasteiger partial charge in [-0.25, -0.2) is 0 Å². The Morgan fingerprint density at radius 2 is 1.69 bits per heavy atom. The van der Waals surface area contributed by atoms with Crippen LogP contribution in [0.1, 0.15) is 28.6 Å². The monoisotopic (exact) mass is 198 g/mol. The molecule has 72 valence electrons. The van der Waals surface area contributed by atoms with Crippen LogP contribution in [-0.4, -0.2) is 22.2 Å². The summed E-state index contributed by atoms with van der Waals surface area (Å²) in [7, 11) is 0. The summed E-state index contributed by atoms with van der Waals surface area (Å²) in [5, 5.41) is 17.4. The molecule has 0 fully saturated rings. The van der Waals surface area contributed by atoms with E-state index >= 15 is 0 Å². The van der Waals surface area contributed by atoms with Gasteiger partial charge >= 0.3 is 41.5 Å². The molecule has 2 N–H and O–H groups in total. The Labute approximate surface area is 101 Å². The zero-order valence-electron chi connectivity index (χ0n) is 9.50. The third kappa shape index (κ3) is 2.97. The number of hydrogen-bond acceptors (Lipinski definition) is 2. The third-order valence-corrected chi connectivity index (χ3v) is 2.49. The summed E-state index contributed by atoms with van der Waals surface area (Å²) in [5.74, 6) is -2.92. The van der Waals surface area contributed by atoms with E-state index in [-0.39, 0.29) is 36.9 Å². The van der Waals surface area contributed by atoms with Crippen LogP contribution in [0.4, 0.5) is 0 Å². The van der Waals surface area contributed by atoms with Crippen LogP contribution < -0.4 is 29.6 Å². The fourth-order valence-electron chi connectivity index (χ4n) is 0.921. The van der Waals surface area contributed by atoms with Gasteiger partial charge in [0, 0.05) is 0 Å². The van der Waals surface area contributed by atoms with E-state index in [1.54, 1.807) is 13.8 Å². The van der Waals surface area contributed by atoms with E-state index in [0.29, 0.717) is 6.42 Å². The molecule has 13 heavy (non-hydrogen) atoms. The van der Waals surface area contributed by atoms with Crippen LogP contribution in [0, 0.1) is 11.3 Å². The van der Waals surface area contributed by atoms with Crippen molar-refractivity contribution in [1.29, 1.82) is 0 Å². The molecule has 0 aliphatic rings. The van der Waals surface area contributed by atoms with Crippen molar-refractivity contribution in [3.8, 4) is 0 Å². The van der Waals surface area contributed by atoms with Crippen LogP contribution in [0.15, 0.2) is 0 Å². The summed E-state index contributed by atoms with van der Waals surface area (Å²) in [6.45, 7) is 4.64. The minimum Gasteiger partial charge on any atom is -1.00 e. The predicted molar refractivity (Wildman–Crippen MR) is 43.9 cm³/mol. The fraction of sp³-hybridized carbons (Fsp3) is 0.750. The second kappa shape index (κ2) is 5.62. The van der Waals surface area contributed by atoms with Gasteiger partial charge in [0.2, 0.25) is 0 Å². The van der Waals surface area contributed by atoms with Gasteiger partial charge in [-0.1, -0.05) is 20.3 Å². The molecule has 0 heterocycles. The molecule has 0 radical (unpaired) electrons. The zero-order valence-corrected chi connectivity index (χ0v) is 10.5. The van der Waals surface area contributed by atoms with Crippen molar-refractivity contribution >= 4 is 11.9 Å². The molecule has 5 heteroatoms. The van der Waals surface area contributed by atoms with Crippen molar-refractivity contribution in [2.24, 2.45) is 11.3 Å². The molecule has 0 amide bonds. The van der Waals surface area contributed by atoms with Crippen LogP contribution in [-0.2, 0) is 9.59 Å². The summed E-state index contributed by atoms with van der Waals surface area (Å²) >= 11 is 0. The standard InChI is InChI=1S/C8H14O4.Na.H/c1-4-5(2)8(3,6(9)10)7(11)12;;/h5H,4H2,1-3H3,(H,9,10)(H,11,12);;/q;+1;-1. The van der Waals surface area contributed by atoms with Gasteiger partial charge in [-0.3, -0.25) is 9.59 Å². The number of carboxylic acid groups (broad SMARTS) is 2. The molecular weight excluding hydrogens is 183 g/mol. The summed E-state index contributed by atoms with van der Waals surface area (Å²) < 4.78 is 0. The van der Waals surface area contributed by atoms with Crippen molar-refractivity contribution in [1.82, 2.24) is 0 Å². The molecule has 0 aromatic rings. The quantitative estimate of drug-likeness (QED) is 0.418. The van der Waals surface area contributed by atoms with Crippen molar-refractivity contribution < 1.29 is 50.8 Å². The smallest absolute Gasteiger partial charge is 1.00 e. The summed E-state index contributed by atoms with van der Waals surface area (Å²) in [6, 6.07) is 0. The van der Waals surface area contributed by atoms with E-state index < -0.39 is 17.4 Å². The summed E-state index contributed by atoms with van der Waals surface area (Å²) in [5.41, 5.74) is -1.66. The van der Waals surface area contributed by atoms with E-state index in [4.69, 9.17) is 10.2 Å². The number of hydrogen-bond donors (Lipinski definition) is 2. The first-order chi connectivity index (χ1) is 5.37. The molecule has 0 aromatic carbocycles. The van der Waals surface area contributed by atoms with E-state index in [0.717, 1.165) is 0 Å². The van der Waals surface area contributed by atoms with Gasteiger partial charge in [-0.2, -0.15) is 0 Å². The Balaban J connectivity index is -0.000000605. The van der Waals surface area contributed by atoms with Gasteiger partial charge in [0.25, 0.3) is 0 Å². The van der Waals surface area contributed by atoms with Gasteiger partial charge in [0.1, 0.15) is 0 Å². The zero-order chi connectivity index (χ0) is 9.94. The Hall–Kier alpha value is -0.0600. The molecule has 1 atom stereocenters. The molecule has 0 rings (SSSR count). The molecule has 0 saturated carbocycles. The number of rotatable bonds is 4.